The molecule has 8 nitrogen and oxygen atoms in total. The van der Waals surface area contributed by atoms with E-state index in [1.165, 1.54) is 11.3 Å². The number of nitriles is 1. The van der Waals surface area contributed by atoms with Crippen LogP contribution < -0.4 is 21.5 Å². The highest BCUT2D eigenvalue weighted by molar-refractivity contribution is 7.17. The van der Waals surface area contributed by atoms with Gasteiger partial charge in [-0.25, -0.2) is 9.37 Å². The Morgan fingerprint density at radius 3 is 2.71 bits per heavy atom. The SMILES string of the molecule is N#Cc1ccccc1Cn1c(N2CCC[C@@H](N)C2)nc2c(C(=O)NCc3ccc(CF)cc3)csc2c1=O. The van der Waals surface area contributed by atoms with Crippen LogP contribution in [0.5, 0.6) is 0 Å². The molecule has 0 saturated carbocycles. The summed E-state index contributed by atoms with van der Waals surface area (Å²) in [7, 11) is 0. The minimum absolute atomic E-state index is 0.0507. The number of carbonyl (C=O) groups is 1. The molecule has 1 atom stereocenters. The van der Waals surface area contributed by atoms with Crippen LogP contribution in [0.1, 0.15) is 45.5 Å². The van der Waals surface area contributed by atoms with Gasteiger partial charge in [0.25, 0.3) is 11.5 Å². The van der Waals surface area contributed by atoms with E-state index in [2.05, 4.69) is 11.4 Å². The van der Waals surface area contributed by atoms with Crippen molar-refractivity contribution < 1.29 is 9.18 Å². The summed E-state index contributed by atoms with van der Waals surface area (Å²) in [4.78, 5) is 33.8. The predicted molar refractivity (Wildman–Crippen MR) is 146 cm³/mol. The Kier molecular flexibility index (Phi) is 7.49. The second-order valence-electron chi connectivity index (χ2n) is 9.38. The fourth-order valence-corrected chi connectivity index (χ4v) is 5.62. The number of benzene rings is 2. The Morgan fingerprint density at radius 2 is 1.97 bits per heavy atom. The fraction of sp³-hybridized carbons (Fsp3) is 0.286. The average Bonchev–Trinajstić information content (AvgIpc) is 3.38. The third-order valence-electron chi connectivity index (χ3n) is 6.74. The Morgan fingerprint density at radius 1 is 1.21 bits per heavy atom. The number of hydrogen-bond donors (Lipinski definition) is 2. The molecule has 1 saturated heterocycles. The molecule has 4 aromatic rings. The van der Waals surface area contributed by atoms with Gasteiger partial charge in [-0.3, -0.25) is 14.2 Å². The lowest BCUT2D eigenvalue weighted by Gasteiger charge is -2.33. The van der Waals surface area contributed by atoms with Gasteiger partial charge in [-0.15, -0.1) is 11.3 Å². The van der Waals surface area contributed by atoms with Crippen LogP contribution in [0.15, 0.2) is 58.7 Å². The molecular weight excluding hydrogens is 503 g/mol. The highest BCUT2D eigenvalue weighted by Crippen LogP contribution is 2.27. The number of nitrogens with zero attached hydrogens (tertiary/aromatic N) is 4. The molecule has 2 aromatic carbocycles. The standard InChI is InChI=1S/C28H27FN6O2S/c29-12-18-7-9-19(10-8-18)14-32-26(36)23-17-38-25-24(23)33-28(34-11-3-6-22(31)16-34)35(27(25)37)15-21-5-2-1-4-20(21)13-30/h1-2,4-5,7-10,17,22H,3,6,11-12,14-16,31H2,(H,32,36)/t22-/m1/s1. The molecule has 3 heterocycles. The first-order valence-electron chi connectivity index (χ1n) is 12.4. The van der Waals surface area contributed by atoms with Gasteiger partial charge >= 0.3 is 0 Å². The summed E-state index contributed by atoms with van der Waals surface area (Å²) < 4.78 is 14.7. The van der Waals surface area contributed by atoms with E-state index in [0.29, 0.717) is 51.5 Å². The van der Waals surface area contributed by atoms with Gasteiger partial charge in [0.05, 0.1) is 23.7 Å². The number of hydrogen-bond acceptors (Lipinski definition) is 7. The number of aromatic nitrogens is 2. The van der Waals surface area contributed by atoms with Gasteiger partial charge in [0.2, 0.25) is 5.95 Å². The minimum Gasteiger partial charge on any atom is -0.348 e. The highest BCUT2D eigenvalue weighted by Gasteiger charge is 2.25. The van der Waals surface area contributed by atoms with Crippen LogP contribution in [-0.2, 0) is 19.8 Å². The Balaban J connectivity index is 1.52. The van der Waals surface area contributed by atoms with Crippen LogP contribution in [0.4, 0.5) is 10.3 Å². The van der Waals surface area contributed by atoms with Gasteiger partial charge in [-0.1, -0.05) is 42.5 Å². The number of anilines is 1. The van der Waals surface area contributed by atoms with Crippen LogP contribution in [0.2, 0.25) is 0 Å². The maximum absolute atomic E-state index is 13.8. The molecule has 0 aliphatic carbocycles. The van der Waals surface area contributed by atoms with Crippen LogP contribution in [0.3, 0.4) is 0 Å². The monoisotopic (exact) mass is 530 g/mol. The molecule has 194 valence electrons. The summed E-state index contributed by atoms with van der Waals surface area (Å²) in [5.74, 6) is 0.103. The van der Waals surface area contributed by atoms with Crippen molar-refractivity contribution in [3.8, 4) is 6.07 Å². The number of halogens is 1. The van der Waals surface area contributed by atoms with E-state index < -0.39 is 6.67 Å². The van der Waals surface area contributed by atoms with Gasteiger partial charge in [0, 0.05) is 31.1 Å². The number of rotatable bonds is 7. The second kappa shape index (κ2) is 11.1. The lowest BCUT2D eigenvalue weighted by Crippen LogP contribution is -2.45. The van der Waals surface area contributed by atoms with E-state index in [1.807, 2.05) is 17.0 Å². The normalized spacial score (nSPS) is 15.4. The number of thiophene rings is 1. The summed E-state index contributed by atoms with van der Waals surface area (Å²) >= 11 is 1.18. The number of nitrogens with one attached hydrogen (secondary N) is 1. The molecule has 10 heteroatoms. The van der Waals surface area contributed by atoms with Crippen molar-refractivity contribution in [2.24, 2.45) is 5.73 Å². The highest BCUT2D eigenvalue weighted by atomic mass is 32.1. The quantitative estimate of drug-likeness (QED) is 0.376. The molecule has 0 spiro atoms. The summed E-state index contributed by atoms with van der Waals surface area (Å²) in [6, 6.07) is 16.2. The summed E-state index contributed by atoms with van der Waals surface area (Å²) in [5, 5.41) is 14.1. The van der Waals surface area contributed by atoms with Crippen LogP contribution in [0, 0.1) is 11.3 Å². The largest absolute Gasteiger partial charge is 0.348 e. The molecule has 0 bridgehead atoms. The van der Waals surface area contributed by atoms with Crippen LogP contribution in [0.25, 0.3) is 10.2 Å². The molecule has 1 fully saturated rings. The second-order valence-corrected chi connectivity index (χ2v) is 10.3. The van der Waals surface area contributed by atoms with E-state index in [1.54, 1.807) is 46.3 Å². The van der Waals surface area contributed by atoms with Gasteiger partial charge in [0.15, 0.2) is 0 Å². The minimum atomic E-state index is -0.539. The van der Waals surface area contributed by atoms with Gasteiger partial charge in [0.1, 0.15) is 16.9 Å². The number of amides is 1. The first-order valence-corrected chi connectivity index (χ1v) is 13.3. The van der Waals surface area contributed by atoms with Crippen molar-refractivity contribution >= 4 is 33.4 Å². The molecule has 5 rings (SSSR count). The number of carbonyl (C=O) groups excluding carboxylic acids is 1. The molecule has 0 radical (unpaired) electrons. The maximum Gasteiger partial charge on any atom is 0.273 e. The summed E-state index contributed by atoms with van der Waals surface area (Å²) in [5.41, 5.74) is 9.29. The summed E-state index contributed by atoms with van der Waals surface area (Å²) in [6.07, 6.45) is 1.75. The number of alkyl halides is 1. The molecule has 1 aliphatic rings. The topological polar surface area (TPSA) is 117 Å². The van der Waals surface area contributed by atoms with Crippen molar-refractivity contribution in [2.45, 2.75) is 38.6 Å². The van der Waals surface area contributed by atoms with Crippen molar-refractivity contribution in [3.63, 3.8) is 0 Å². The van der Waals surface area contributed by atoms with Crippen molar-refractivity contribution in [1.82, 2.24) is 14.9 Å². The van der Waals surface area contributed by atoms with E-state index in [4.69, 9.17) is 10.7 Å². The molecular formula is C28H27FN6O2S. The smallest absolute Gasteiger partial charge is 0.273 e. The maximum atomic E-state index is 13.8. The molecule has 1 aliphatic heterocycles. The lowest BCUT2D eigenvalue weighted by atomic mass is 10.1. The van der Waals surface area contributed by atoms with E-state index in [0.717, 1.165) is 18.4 Å². The van der Waals surface area contributed by atoms with Gasteiger partial charge in [-0.2, -0.15) is 5.26 Å². The van der Waals surface area contributed by atoms with Crippen molar-refractivity contribution in [2.75, 3.05) is 18.0 Å². The third kappa shape index (κ3) is 5.16. The van der Waals surface area contributed by atoms with E-state index in [9.17, 15) is 19.2 Å². The predicted octanol–water partition coefficient (Wildman–Crippen LogP) is 3.70. The molecule has 1 amide bonds. The van der Waals surface area contributed by atoms with Gasteiger partial charge in [-0.05, 0) is 35.6 Å². The number of fused-ring (bicyclic) bond motifs is 1. The molecule has 0 unspecified atom stereocenters. The lowest BCUT2D eigenvalue weighted by molar-refractivity contribution is 0.0952. The third-order valence-corrected chi connectivity index (χ3v) is 7.70. The number of nitrogens with two attached hydrogens (primary N) is 1. The zero-order chi connectivity index (χ0) is 26.6. The van der Waals surface area contributed by atoms with E-state index >= 15 is 0 Å². The molecule has 3 N–H and O–H groups in total. The van der Waals surface area contributed by atoms with Crippen molar-refractivity contribution in [1.29, 1.82) is 5.26 Å². The molecule has 38 heavy (non-hydrogen) atoms. The number of piperidine rings is 1. The first-order chi connectivity index (χ1) is 18.5. The summed E-state index contributed by atoms with van der Waals surface area (Å²) in [6.45, 7) is 1.13. The zero-order valence-electron chi connectivity index (χ0n) is 20.7. The fourth-order valence-electron chi connectivity index (χ4n) is 4.69. The van der Waals surface area contributed by atoms with Crippen LogP contribution >= 0.6 is 11.3 Å². The van der Waals surface area contributed by atoms with Crippen LogP contribution in [-0.4, -0.2) is 34.6 Å². The van der Waals surface area contributed by atoms with Crippen molar-refractivity contribution in [3.05, 3.63) is 92.1 Å². The zero-order valence-corrected chi connectivity index (χ0v) is 21.5. The first kappa shape index (κ1) is 25.6. The Hall–Kier alpha value is -4.07. The Labute approximate surface area is 223 Å². The van der Waals surface area contributed by atoms with E-state index in [-0.39, 0.29) is 30.6 Å². The Bertz CT molecular complexity index is 1570. The average molecular weight is 531 g/mol. The van der Waals surface area contributed by atoms with Gasteiger partial charge < -0.3 is 16.0 Å². The molecule has 2 aromatic heterocycles.